The van der Waals surface area contributed by atoms with Gasteiger partial charge in [-0.15, -0.1) is 0 Å². The monoisotopic (exact) mass is 928 g/mol. The van der Waals surface area contributed by atoms with Crippen LogP contribution in [0.1, 0.15) is 92.6 Å². The normalized spacial score (nSPS) is 14.7. The maximum absolute atomic E-state index is 14.4. The van der Waals surface area contributed by atoms with Crippen LogP contribution in [0.25, 0.3) is 0 Å². The standard InChI is InChI=1S/C21H27FN2O4S.C18H20FIN2O3S.CH4/c1-4-15-12-18(23-29(27,28)21(7-8-21)9-10-25)19(24(3)20(15)26)13-16-6-5-14(2)11-17(16)22;1-3-11-8-16(21-26(24,25)14-6-7-14)17(22(2)18(11)23)9-12-4-5-13(20)10-15(12)19;/h5-6,11-12,23,25H,4,7-10,13H2,1-3H3;4-5,8,10,14,21H,3,6-7,9H2,1-2H3;1H4. The van der Waals surface area contributed by atoms with Crippen LogP contribution < -0.4 is 20.6 Å². The van der Waals surface area contributed by atoms with Crippen LogP contribution in [0, 0.1) is 22.1 Å². The van der Waals surface area contributed by atoms with Gasteiger partial charge in [-0.3, -0.25) is 19.0 Å². The van der Waals surface area contributed by atoms with Gasteiger partial charge in [-0.05, 0) is 121 Å². The molecule has 4 aromatic rings. The van der Waals surface area contributed by atoms with Crippen LogP contribution in [0.15, 0.2) is 58.1 Å². The van der Waals surface area contributed by atoms with Crippen molar-refractivity contribution in [1.82, 2.24) is 9.13 Å². The molecular formula is C40H51F2IN4O7S2. The molecule has 16 heteroatoms. The number of sulfonamides is 2. The van der Waals surface area contributed by atoms with Crippen molar-refractivity contribution in [3.63, 3.8) is 0 Å². The van der Waals surface area contributed by atoms with E-state index in [0.29, 0.717) is 77.9 Å². The largest absolute Gasteiger partial charge is 0.396 e. The van der Waals surface area contributed by atoms with Gasteiger partial charge in [0.15, 0.2) is 0 Å². The number of aryl methyl sites for hydroxylation is 3. The summed E-state index contributed by atoms with van der Waals surface area (Å²) in [5, 5.41) is 8.88. The molecule has 2 aliphatic carbocycles. The highest BCUT2D eigenvalue weighted by Crippen LogP contribution is 2.47. The summed E-state index contributed by atoms with van der Waals surface area (Å²) in [4.78, 5) is 25.1. The van der Waals surface area contributed by atoms with Gasteiger partial charge in [-0.1, -0.05) is 39.5 Å². The lowest BCUT2D eigenvalue weighted by Crippen LogP contribution is -2.33. The number of anilines is 2. The first kappa shape index (κ1) is 45.1. The number of benzene rings is 2. The predicted octanol–water partition coefficient (Wildman–Crippen LogP) is 6.47. The van der Waals surface area contributed by atoms with Crippen LogP contribution in [0.3, 0.4) is 0 Å². The molecule has 0 atom stereocenters. The molecule has 2 aromatic heterocycles. The smallest absolute Gasteiger partial charge is 0.253 e. The molecule has 2 fully saturated rings. The molecule has 2 saturated carbocycles. The Balaban J connectivity index is 0.000000246. The number of pyridine rings is 2. The Morgan fingerprint density at radius 1 is 0.786 bits per heavy atom. The van der Waals surface area contributed by atoms with Gasteiger partial charge in [-0.2, -0.15) is 0 Å². The fourth-order valence-electron chi connectivity index (χ4n) is 6.47. The van der Waals surface area contributed by atoms with E-state index < -0.39 is 30.6 Å². The summed E-state index contributed by atoms with van der Waals surface area (Å²) < 4.78 is 87.4. The number of hydrogen-bond acceptors (Lipinski definition) is 7. The Labute approximate surface area is 341 Å². The molecular weight excluding hydrogens is 877 g/mol. The third kappa shape index (κ3) is 9.91. The van der Waals surface area contributed by atoms with Crippen molar-refractivity contribution in [3.8, 4) is 0 Å². The van der Waals surface area contributed by atoms with Crippen molar-refractivity contribution in [1.29, 1.82) is 0 Å². The molecule has 6 rings (SSSR count). The predicted molar refractivity (Wildman–Crippen MR) is 226 cm³/mol. The second-order valence-electron chi connectivity index (χ2n) is 14.3. The molecule has 2 heterocycles. The highest BCUT2D eigenvalue weighted by molar-refractivity contribution is 14.1. The maximum atomic E-state index is 14.4. The first-order chi connectivity index (χ1) is 25.9. The topological polar surface area (TPSA) is 157 Å². The van der Waals surface area contributed by atoms with E-state index in [4.69, 9.17) is 0 Å². The highest BCUT2D eigenvalue weighted by atomic mass is 127. The molecule has 0 unspecified atom stereocenters. The van der Waals surface area contributed by atoms with E-state index in [2.05, 4.69) is 9.44 Å². The lowest BCUT2D eigenvalue weighted by atomic mass is 10.0. The van der Waals surface area contributed by atoms with E-state index in [1.807, 2.05) is 36.4 Å². The minimum absolute atomic E-state index is 0. The van der Waals surface area contributed by atoms with Gasteiger partial charge < -0.3 is 14.2 Å². The molecule has 0 spiro atoms. The lowest BCUT2D eigenvalue weighted by molar-refractivity contribution is 0.283. The van der Waals surface area contributed by atoms with E-state index in [0.717, 1.165) is 9.13 Å². The molecule has 56 heavy (non-hydrogen) atoms. The summed E-state index contributed by atoms with van der Waals surface area (Å²) in [6, 6.07) is 12.8. The van der Waals surface area contributed by atoms with Crippen LogP contribution in [0.4, 0.5) is 20.2 Å². The molecule has 11 nitrogen and oxygen atoms in total. The van der Waals surface area contributed by atoms with Crippen LogP contribution in [-0.2, 0) is 59.8 Å². The number of rotatable bonds is 14. The Hall–Kier alpha value is -3.61. The summed E-state index contributed by atoms with van der Waals surface area (Å²) in [5.41, 5.74) is 3.65. The second-order valence-corrected chi connectivity index (χ2v) is 19.6. The fraction of sp³-hybridized carbons (Fsp3) is 0.450. The van der Waals surface area contributed by atoms with Gasteiger partial charge in [0.2, 0.25) is 20.0 Å². The van der Waals surface area contributed by atoms with Crippen molar-refractivity contribution in [2.45, 2.75) is 96.0 Å². The molecule has 3 N–H and O–H groups in total. The van der Waals surface area contributed by atoms with E-state index in [9.17, 15) is 40.3 Å². The zero-order valence-electron chi connectivity index (χ0n) is 31.5. The fourth-order valence-corrected chi connectivity index (χ4v) is 10.0. The van der Waals surface area contributed by atoms with E-state index in [1.54, 1.807) is 57.4 Å². The quantitative estimate of drug-likeness (QED) is 0.123. The van der Waals surface area contributed by atoms with Crippen molar-refractivity contribution < 1.29 is 30.7 Å². The van der Waals surface area contributed by atoms with Gasteiger partial charge in [-0.25, -0.2) is 25.6 Å². The van der Waals surface area contributed by atoms with Gasteiger partial charge in [0, 0.05) is 59.6 Å². The van der Waals surface area contributed by atoms with Crippen LogP contribution in [0.5, 0.6) is 0 Å². The Kier molecular flexibility index (Phi) is 14.4. The average Bonchev–Trinajstić information content (AvgIpc) is 4.05. The van der Waals surface area contributed by atoms with Crippen molar-refractivity contribution in [2.75, 3.05) is 16.1 Å². The van der Waals surface area contributed by atoms with E-state index in [-0.39, 0.29) is 61.2 Å². The molecule has 0 aliphatic heterocycles. The molecule has 2 aliphatic rings. The van der Waals surface area contributed by atoms with Gasteiger partial charge in [0.25, 0.3) is 11.1 Å². The second kappa shape index (κ2) is 17.9. The number of nitrogens with one attached hydrogen (secondary N) is 2. The zero-order chi connectivity index (χ0) is 40.5. The van der Waals surface area contributed by atoms with Crippen molar-refractivity contribution >= 4 is 54.0 Å². The summed E-state index contributed by atoms with van der Waals surface area (Å²) in [6.45, 7) is 5.24. The highest BCUT2D eigenvalue weighted by Gasteiger charge is 2.54. The van der Waals surface area contributed by atoms with E-state index >= 15 is 0 Å². The zero-order valence-corrected chi connectivity index (χ0v) is 35.3. The summed E-state index contributed by atoms with van der Waals surface area (Å²) in [5.74, 6) is -0.773. The van der Waals surface area contributed by atoms with Crippen LogP contribution in [0.2, 0.25) is 0 Å². The summed E-state index contributed by atoms with van der Waals surface area (Å²) in [7, 11) is -4.09. The van der Waals surface area contributed by atoms with Crippen LogP contribution >= 0.6 is 22.6 Å². The summed E-state index contributed by atoms with van der Waals surface area (Å²) in [6.07, 6.45) is 3.55. The average molecular weight is 929 g/mol. The number of halogens is 3. The Morgan fingerprint density at radius 2 is 1.27 bits per heavy atom. The molecule has 306 valence electrons. The molecule has 0 bridgehead atoms. The van der Waals surface area contributed by atoms with Crippen LogP contribution in [-0.4, -0.2) is 47.7 Å². The molecule has 0 amide bonds. The number of aliphatic hydroxyl groups excluding tert-OH is 1. The van der Waals surface area contributed by atoms with E-state index in [1.165, 1.54) is 21.3 Å². The van der Waals surface area contributed by atoms with Gasteiger partial charge in [0.05, 0.1) is 21.4 Å². The molecule has 0 saturated heterocycles. The van der Waals surface area contributed by atoms with Gasteiger partial charge in [0.1, 0.15) is 11.6 Å². The number of nitrogens with zero attached hydrogens (tertiary/aromatic N) is 2. The number of aromatic nitrogens is 2. The Bertz CT molecular complexity index is 2440. The lowest BCUT2D eigenvalue weighted by Gasteiger charge is -2.21. The minimum atomic E-state index is -3.77. The molecule has 0 radical (unpaired) electrons. The first-order valence-corrected chi connectivity index (χ1v) is 22.2. The molecule has 2 aromatic carbocycles. The summed E-state index contributed by atoms with van der Waals surface area (Å²) >= 11 is 2.03. The van der Waals surface area contributed by atoms with Crippen molar-refractivity contribution in [3.05, 3.63) is 124 Å². The third-order valence-corrected chi connectivity index (χ3v) is 15.1. The maximum Gasteiger partial charge on any atom is 0.253 e. The SMILES string of the molecule is C.CCc1cc(NS(=O)(=O)C2(CCO)CC2)c(Cc2ccc(C)cc2F)n(C)c1=O.CCc1cc(NS(=O)(=O)C2CC2)c(Cc2ccc(I)cc2F)n(C)c1=O. The van der Waals surface area contributed by atoms with Crippen molar-refractivity contribution in [2.24, 2.45) is 14.1 Å². The number of hydrogen-bond donors (Lipinski definition) is 3. The first-order valence-electron chi connectivity index (χ1n) is 18.1. The van der Waals surface area contributed by atoms with Gasteiger partial charge >= 0.3 is 0 Å². The Morgan fingerprint density at radius 3 is 1.70 bits per heavy atom. The number of aliphatic hydroxyl groups is 1. The minimum Gasteiger partial charge on any atom is -0.396 e. The third-order valence-electron chi connectivity index (χ3n) is 10.3.